The van der Waals surface area contributed by atoms with Crippen molar-refractivity contribution in [1.29, 1.82) is 0 Å². The maximum absolute atomic E-state index is 10.5. The number of hydrogen-bond donors (Lipinski definition) is 6. The molecule has 0 atom stereocenters. The van der Waals surface area contributed by atoms with E-state index in [1.165, 1.54) is 0 Å². The SMILES string of the molecule is Oc1cccc(-c2cncc(-c3cccc(O)c3)c3ccc([nH]3)c(-c3cccc(O)c3)c3nc(c(-c4cccc(O)c4)c4ccc2[nH]4)C=C3)c1. The van der Waals surface area contributed by atoms with Crippen LogP contribution in [-0.4, -0.2) is 40.4 Å². The summed E-state index contributed by atoms with van der Waals surface area (Å²) in [6.45, 7) is 0. The number of H-pyrrole nitrogens is 2. The summed E-state index contributed by atoms with van der Waals surface area (Å²) in [6, 6.07) is 35.9. The summed E-state index contributed by atoms with van der Waals surface area (Å²) in [6.07, 6.45) is 7.36. The van der Waals surface area contributed by atoms with Crippen molar-refractivity contribution in [2.45, 2.75) is 0 Å². The second-order valence-electron chi connectivity index (χ2n) is 12.0. The molecule has 8 heteroatoms. The van der Waals surface area contributed by atoms with Crippen LogP contribution in [0.5, 0.6) is 23.0 Å². The molecule has 0 saturated carbocycles. The first-order chi connectivity index (χ1) is 24.4. The molecule has 0 spiro atoms. The lowest BCUT2D eigenvalue weighted by molar-refractivity contribution is 0.475. The number of nitrogens with one attached hydrogen (secondary N) is 2. The lowest BCUT2D eigenvalue weighted by Crippen LogP contribution is -1.88. The van der Waals surface area contributed by atoms with Crippen LogP contribution in [0.25, 0.3) is 78.7 Å². The predicted octanol–water partition coefficient (Wildman–Crippen LogP) is 9.66. The van der Waals surface area contributed by atoms with Gasteiger partial charge in [0.25, 0.3) is 0 Å². The third-order valence-electron chi connectivity index (χ3n) is 8.63. The Morgan fingerprint density at radius 3 is 1.16 bits per heavy atom. The van der Waals surface area contributed by atoms with Crippen molar-refractivity contribution in [3.05, 3.63) is 145 Å². The average molecular weight is 655 g/mol. The van der Waals surface area contributed by atoms with Gasteiger partial charge in [-0.3, -0.25) is 4.98 Å². The van der Waals surface area contributed by atoms with Crippen molar-refractivity contribution >= 4 is 34.2 Å². The monoisotopic (exact) mass is 654 g/mol. The molecule has 0 fully saturated rings. The molecule has 4 heterocycles. The van der Waals surface area contributed by atoms with E-state index in [0.717, 1.165) is 66.6 Å². The zero-order valence-corrected chi connectivity index (χ0v) is 26.5. The highest BCUT2D eigenvalue weighted by Crippen LogP contribution is 2.37. The minimum Gasteiger partial charge on any atom is -0.508 e. The zero-order valence-electron chi connectivity index (χ0n) is 26.5. The van der Waals surface area contributed by atoms with Gasteiger partial charge in [0.15, 0.2) is 0 Å². The summed E-state index contributed by atoms with van der Waals surface area (Å²) >= 11 is 0. The van der Waals surface area contributed by atoms with Crippen LogP contribution in [0, 0.1) is 0 Å². The Morgan fingerprint density at radius 1 is 0.400 bits per heavy atom. The van der Waals surface area contributed by atoms with Crippen molar-refractivity contribution in [2.75, 3.05) is 0 Å². The van der Waals surface area contributed by atoms with Crippen molar-refractivity contribution < 1.29 is 20.4 Å². The van der Waals surface area contributed by atoms with Crippen molar-refractivity contribution in [3.63, 3.8) is 0 Å². The van der Waals surface area contributed by atoms with Crippen molar-refractivity contribution in [2.24, 2.45) is 0 Å². The number of aromatic nitrogens is 4. The van der Waals surface area contributed by atoms with E-state index < -0.39 is 0 Å². The van der Waals surface area contributed by atoms with Gasteiger partial charge in [0.1, 0.15) is 23.0 Å². The second kappa shape index (κ2) is 12.5. The lowest BCUT2D eigenvalue weighted by atomic mass is 10.0. The molecule has 3 aromatic heterocycles. The van der Waals surface area contributed by atoms with Gasteiger partial charge in [0, 0.05) is 56.7 Å². The molecule has 0 radical (unpaired) electrons. The number of aromatic hydroxyl groups is 4. The molecule has 0 unspecified atom stereocenters. The smallest absolute Gasteiger partial charge is 0.116 e. The van der Waals surface area contributed by atoms with E-state index >= 15 is 0 Å². The molecule has 6 N–H and O–H groups in total. The zero-order chi connectivity index (χ0) is 34.2. The molecule has 7 aromatic rings. The van der Waals surface area contributed by atoms with Crippen molar-refractivity contribution in [1.82, 2.24) is 19.9 Å². The number of aromatic amines is 2. The first-order valence-corrected chi connectivity index (χ1v) is 16.0. The van der Waals surface area contributed by atoms with Gasteiger partial charge in [-0.05, 0) is 107 Å². The van der Waals surface area contributed by atoms with E-state index in [9.17, 15) is 20.4 Å². The Bertz CT molecular complexity index is 2440. The molecule has 0 amide bonds. The minimum atomic E-state index is 0.122. The molecule has 6 bridgehead atoms. The predicted molar refractivity (Wildman–Crippen MR) is 198 cm³/mol. The van der Waals surface area contributed by atoms with E-state index in [4.69, 9.17) is 9.97 Å². The second-order valence-corrected chi connectivity index (χ2v) is 12.0. The van der Waals surface area contributed by atoms with Crippen LogP contribution in [0.2, 0.25) is 0 Å². The van der Waals surface area contributed by atoms with E-state index in [-0.39, 0.29) is 23.0 Å². The summed E-state index contributed by atoms with van der Waals surface area (Å²) in [5, 5.41) is 41.8. The molecule has 50 heavy (non-hydrogen) atoms. The molecule has 4 aromatic carbocycles. The van der Waals surface area contributed by atoms with Crippen molar-refractivity contribution in [3.8, 4) is 67.5 Å². The molecule has 8 nitrogen and oxygen atoms in total. The lowest BCUT2D eigenvalue weighted by Gasteiger charge is -2.06. The minimum absolute atomic E-state index is 0.122. The van der Waals surface area contributed by atoms with Gasteiger partial charge in [0.05, 0.1) is 11.4 Å². The first-order valence-electron chi connectivity index (χ1n) is 16.0. The van der Waals surface area contributed by atoms with Gasteiger partial charge >= 0.3 is 0 Å². The summed E-state index contributed by atoms with van der Waals surface area (Å²) in [4.78, 5) is 17.1. The van der Waals surface area contributed by atoms with Crippen LogP contribution in [0.3, 0.4) is 0 Å². The topological polar surface area (TPSA) is 138 Å². The molecule has 242 valence electrons. The highest BCUT2D eigenvalue weighted by Gasteiger charge is 2.16. The largest absolute Gasteiger partial charge is 0.508 e. The number of benzene rings is 4. The van der Waals surface area contributed by atoms with Crippen LogP contribution in [-0.2, 0) is 0 Å². The quantitative estimate of drug-likeness (QED) is 0.112. The highest BCUT2D eigenvalue weighted by molar-refractivity contribution is 5.97. The van der Waals surface area contributed by atoms with Crippen LogP contribution in [0.1, 0.15) is 11.4 Å². The number of phenolic OH excluding ortho intramolecular Hbond substituents is 4. The molecule has 0 saturated heterocycles. The summed E-state index contributed by atoms with van der Waals surface area (Å²) < 4.78 is 0. The molecule has 1 aliphatic heterocycles. The van der Waals surface area contributed by atoms with Gasteiger partial charge in [0.2, 0.25) is 0 Å². The molecule has 0 aliphatic carbocycles. The molecule has 8 rings (SSSR count). The van der Waals surface area contributed by atoms with Gasteiger partial charge in [-0.25, -0.2) is 4.98 Å². The van der Waals surface area contributed by atoms with Crippen LogP contribution in [0.15, 0.2) is 134 Å². The van der Waals surface area contributed by atoms with Gasteiger partial charge in [-0.1, -0.05) is 48.5 Å². The number of rotatable bonds is 4. The van der Waals surface area contributed by atoms with Gasteiger partial charge in [-0.2, -0.15) is 0 Å². The summed E-state index contributed by atoms with van der Waals surface area (Å²) in [5.41, 5.74) is 10.3. The van der Waals surface area contributed by atoms with E-state index in [2.05, 4.69) is 9.97 Å². The Hall–Kier alpha value is -7.06. The Labute approximate surface area is 286 Å². The Kier molecular flexibility index (Phi) is 7.58. The summed E-state index contributed by atoms with van der Waals surface area (Å²) in [7, 11) is 0. The third-order valence-corrected chi connectivity index (χ3v) is 8.63. The first kappa shape index (κ1) is 30.3. The standard InChI is InChI=1S/C42H30N4O4/c47-29-9-1-5-25(19-29)33-23-43-24-34(26-6-2-10-30(48)20-26)36-14-16-38(45-36)42(28-8-4-12-32(50)22-28)40-18-17-39(46-40)41(37-15-13-35(33)44-37)27-7-3-11-31(49)21-27/h1-24,44-45,47-50H. The van der Waals surface area contributed by atoms with Gasteiger partial charge in [-0.15, -0.1) is 0 Å². The van der Waals surface area contributed by atoms with E-state index in [1.54, 1.807) is 85.2 Å². The van der Waals surface area contributed by atoms with Crippen LogP contribution in [0.4, 0.5) is 0 Å². The molecule has 1 aliphatic rings. The number of hydrogen-bond acceptors (Lipinski definition) is 6. The van der Waals surface area contributed by atoms with E-state index in [1.807, 2.05) is 60.7 Å². The van der Waals surface area contributed by atoms with Crippen LogP contribution >= 0.6 is 0 Å². The summed E-state index contributed by atoms with van der Waals surface area (Å²) in [5.74, 6) is 0.494. The Balaban J connectivity index is 1.54. The number of fused-ring (bicyclic) bond motifs is 6. The normalized spacial score (nSPS) is 11.4. The third kappa shape index (κ3) is 5.82. The average Bonchev–Trinajstić information content (AvgIpc) is 3.88. The maximum Gasteiger partial charge on any atom is 0.116 e. The fourth-order valence-electron chi connectivity index (χ4n) is 6.37. The Morgan fingerprint density at radius 2 is 0.760 bits per heavy atom. The van der Waals surface area contributed by atoms with Gasteiger partial charge < -0.3 is 30.4 Å². The fraction of sp³-hybridized carbons (Fsp3) is 0. The highest BCUT2D eigenvalue weighted by atomic mass is 16.3. The molecular weight excluding hydrogens is 624 g/mol. The maximum atomic E-state index is 10.5. The number of nitrogens with zero attached hydrogens (tertiary/aromatic N) is 2. The number of phenols is 4. The fourth-order valence-corrected chi connectivity index (χ4v) is 6.37. The molecular formula is C42H30N4O4. The van der Waals surface area contributed by atoms with Crippen LogP contribution < -0.4 is 0 Å². The van der Waals surface area contributed by atoms with E-state index in [0.29, 0.717) is 11.4 Å².